The fourth-order valence-electron chi connectivity index (χ4n) is 1.54. The molecule has 14 heavy (non-hydrogen) atoms. The first-order chi connectivity index (χ1) is 6.95. The maximum absolute atomic E-state index is 3.41. The fourth-order valence-corrected chi connectivity index (χ4v) is 2.52. The van der Waals surface area contributed by atoms with E-state index >= 15 is 0 Å². The molecule has 1 heterocycles. The van der Waals surface area contributed by atoms with E-state index in [0.717, 1.165) is 19.6 Å². The molecule has 1 aliphatic heterocycles. The summed E-state index contributed by atoms with van der Waals surface area (Å²) in [6.07, 6.45) is 1.25. The Balaban J connectivity index is 1.90. The van der Waals surface area contributed by atoms with Gasteiger partial charge in [0.2, 0.25) is 0 Å². The number of nitrogens with zero attached hydrogens (tertiary/aromatic N) is 1. The Labute approximate surface area is 89.8 Å². The highest BCUT2D eigenvalue weighted by atomic mass is 32.2. The third-order valence-corrected chi connectivity index (χ3v) is 3.38. The second kappa shape index (κ2) is 5.39. The molecule has 1 aromatic rings. The van der Waals surface area contributed by atoms with Crippen LogP contribution >= 0.6 is 11.9 Å². The van der Waals surface area contributed by atoms with E-state index in [-0.39, 0.29) is 0 Å². The minimum atomic E-state index is 1.11. The second-order valence-electron chi connectivity index (χ2n) is 3.44. The molecular formula is C11H16N2S. The van der Waals surface area contributed by atoms with Crippen molar-refractivity contribution in [3.8, 4) is 0 Å². The third-order valence-electron chi connectivity index (χ3n) is 2.28. The van der Waals surface area contributed by atoms with E-state index in [0.29, 0.717) is 0 Å². The zero-order valence-corrected chi connectivity index (χ0v) is 9.09. The van der Waals surface area contributed by atoms with Crippen molar-refractivity contribution in [1.82, 2.24) is 9.62 Å². The highest BCUT2D eigenvalue weighted by molar-refractivity contribution is 7.97. The first kappa shape index (κ1) is 10.0. The van der Waals surface area contributed by atoms with E-state index in [1.165, 1.54) is 17.9 Å². The quantitative estimate of drug-likeness (QED) is 0.748. The molecule has 1 aliphatic rings. The van der Waals surface area contributed by atoms with Crippen molar-refractivity contribution in [2.45, 2.75) is 11.3 Å². The van der Waals surface area contributed by atoms with Crippen LogP contribution in [0.25, 0.3) is 0 Å². The van der Waals surface area contributed by atoms with Gasteiger partial charge in [-0.2, -0.15) is 0 Å². The Hall–Kier alpha value is -0.510. The molecule has 0 atom stereocenters. The smallest absolute Gasteiger partial charge is 0.0230 e. The van der Waals surface area contributed by atoms with Crippen LogP contribution in [0.1, 0.15) is 6.42 Å². The van der Waals surface area contributed by atoms with Crippen LogP contribution in [0.3, 0.4) is 0 Å². The van der Waals surface area contributed by atoms with Crippen LogP contribution in [0.5, 0.6) is 0 Å². The molecule has 1 fully saturated rings. The van der Waals surface area contributed by atoms with Crippen molar-refractivity contribution in [2.24, 2.45) is 0 Å². The van der Waals surface area contributed by atoms with Crippen molar-refractivity contribution in [1.29, 1.82) is 0 Å². The van der Waals surface area contributed by atoms with Gasteiger partial charge in [0.25, 0.3) is 0 Å². The van der Waals surface area contributed by atoms with Gasteiger partial charge in [-0.3, -0.25) is 0 Å². The highest BCUT2D eigenvalue weighted by Crippen LogP contribution is 2.22. The number of rotatable bonds is 2. The van der Waals surface area contributed by atoms with Gasteiger partial charge in [0.15, 0.2) is 0 Å². The van der Waals surface area contributed by atoms with Crippen LogP contribution in [0.2, 0.25) is 0 Å². The van der Waals surface area contributed by atoms with Crippen molar-refractivity contribution in [2.75, 3.05) is 26.2 Å². The average molecular weight is 208 g/mol. The predicted molar refractivity (Wildman–Crippen MR) is 61.4 cm³/mol. The van der Waals surface area contributed by atoms with Crippen LogP contribution in [-0.2, 0) is 0 Å². The van der Waals surface area contributed by atoms with E-state index < -0.39 is 0 Å². The lowest BCUT2D eigenvalue weighted by Gasteiger charge is -2.17. The molecule has 0 bridgehead atoms. The van der Waals surface area contributed by atoms with Crippen LogP contribution in [-0.4, -0.2) is 30.5 Å². The second-order valence-corrected chi connectivity index (χ2v) is 4.61. The van der Waals surface area contributed by atoms with E-state index in [4.69, 9.17) is 0 Å². The standard InChI is InChI=1S/C11H16N2S/c1-2-5-11(6-3-1)14-13-9-4-7-12-8-10-13/h1-3,5-6,12H,4,7-10H2. The van der Waals surface area contributed by atoms with Crippen LogP contribution in [0.15, 0.2) is 35.2 Å². The zero-order chi connectivity index (χ0) is 9.64. The van der Waals surface area contributed by atoms with Crippen LogP contribution in [0, 0.1) is 0 Å². The van der Waals surface area contributed by atoms with Crippen LogP contribution in [0.4, 0.5) is 0 Å². The highest BCUT2D eigenvalue weighted by Gasteiger charge is 2.09. The van der Waals surface area contributed by atoms with Crippen LogP contribution < -0.4 is 5.32 Å². The normalized spacial score (nSPS) is 19.1. The predicted octanol–water partition coefficient (Wildman–Crippen LogP) is 1.99. The van der Waals surface area contributed by atoms with Gasteiger partial charge in [-0.1, -0.05) is 18.2 Å². The largest absolute Gasteiger partial charge is 0.315 e. The molecule has 0 saturated carbocycles. The van der Waals surface area contributed by atoms with Gasteiger partial charge in [-0.15, -0.1) is 0 Å². The first-order valence-corrected chi connectivity index (χ1v) is 5.91. The summed E-state index contributed by atoms with van der Waals surface area (Å²) in [5, 5.41) is 3.41. The molecular weight excluding hydrogens is 192 g/mol. The van der Waals surface area contributed by atoms with E-state index in [9.17, 15) is 0 Å². The summed E-state index contributed by atoms with van der Waals surface area (Å²) in [4.78, 5) is 1.34. The minimum Gasteiger partial charge on any atom is -0.315 e. The molecule has 76 valence electrons. The average Bonchev–Trinajstić information content (AvgIpc) is 2.48. The summed E-state index contributed by atoms with van der Waals surface area (Å²) in [6, 6.07) is 10.6. The Morgan fingerprint density at radius 1 is 1.07 bits per heavy atom. The summed E-state index contributed by atoms with van der Waals surface area (Å²) in [7, 11) is 0. The summed E-state index contributed by atoms with van der Waals surface area (Å²) < 4.78 is 2.44. The van der Waals surface area contributed by atoms with Crippen molar-refractivity contribution >= 4 is 11.9 Å². The number of benzene rings is 1. The maximum Gasteiger partial charge on any atom is 0.0230 e. The molecule has 0 amide bonds. The number of hydrogen-bond acceptors (Lipinski definition) is 3. The molecule has 1 N–H and O–H groups in total. The molecule has 1 aromatic carbocycles. The van der Waals surface area contributed by atoms with Crippen molar-refractivity contribution in [3.05, 3.63) is 30.3 Å². The molecule has 1 saturated heterocycles. The Morgan fingerprint density at radius 3 is 2.79 bits per heavy atom. The summed E-state index contributed by atoms with van der Waals surface area (Å²) in [5.41, 5.74) is 0. The Bertz CT molecular complexity index is 255. The van der Waals surface area contributed by atoms with E-state index in [2.05, 4.69) is 40.0 Å². The molecule has 0 aliphatic carbocycles. The van der Waals surface area contributed by atoms with Gasteiger partial charge in [0.1, 0.15) is 0 Å². The lowest BCUT2D eigenvalue weighted by atomic mass is 10.4. The van der Waals surface area contributed by atoms with Gasteiger partial charge in [0.05, 0.1) is 0 Å². The number of nitrogens with one attached hydrogen (secondary N) is 1. The summed E-state index contributed by atoms with van der Waals surface area (Å²) in [6.45, 7) is 4.60. The minimum absolute atomic E-state index is 1.11. The van der Waals surface area contributed by atoms with E-state index in [1.807, 2.05) is 11.9 Å². The van der Waals surface area contributed by atoms with Crippen molar-refractivity contribution < 1.29 is 0 Å². The fraction of sp³-hybridized carbons (Fsp3) is 0.455. The third kappa shape index (κ3) is 3.01. The van der Waals surface area contributed by atoms with Gasteiger partial charge >= 0.3 is 0 Å². The lowest BCUT2D eigenvalue weighted by molar-refractivity contribution is 0.502. The van der Waals surface area contributed by atoms with Crippen molar-refractivity contribution in [3.63, 3.8) is 0 Å². The summed E-state index contributed by atoms with van der Waals surface area (Å²) >= 11 is 1.87. The molecule has 0 aromatic heterocycles. The van der Waals surface area contributed by atoms with Gasteiger partial charge < -0.3 is 5.32 Å². The molecule has 2 nitrogen and oxygen atoms in total. The Kier molecular flexibility index (Phi) is 3.86. The Morgan fingerprint density at radius 2 is 1.93 bits per heavy atom. The zero-order valence-electron chi connectivity index (χ0n) is 8.28. The summed E-state index contributed by atoms with van der Waals surface area (Å²) in [5.74, 6) is 0. The van der Waals surface area contributed by atoms with E-state index in [1.54, 1.807) is 0 Å². The molecule has 0 unspecified atom stereocenters. The lowest BCUT2D eigenvalue weighted by Crippen LogP contribution is -2.22. The SMILES string of the molecule is c1ccc(SN2CCCNCC2)cc1. The maximum atomic E-state index is 3.41. The molecule has 3 heteroatoms. The van der Waals surface area contributed by atoms with Gasteiger partial charge in [-0.05, 0) is 37.0 Å². The molecule has 2 rings (SSSR count). The van der Waals surface area contributed by atoms with Gasteiger partial charge in [-0.25, -0.2) is 4.31 Å². The van der Waals surface area contributed by atoms with Gasteiger partial charge in [0, 0.05) is 24.5 Å². The molecule has 0 spiro atoms. The molecule has 0 radical (unpaired) electrons. The first-order valence-electron chi connectivity index (χ1n) is 5.14. The topological polar surface area (TPSA) is 15.3 Å². The monoisotopic (exact) mass is 208 g/mol. The number of hydrogen-bond donors (Lipinski definition) is 1.